The molecule has 3 atom stereocenters. The summed E-state index contributed by atoms with van der Waals surface area (Å²) in [5.41, 5.74) is -7.41. The van der Waals surface area contributed by atoms with E-state index in [1.165, 1.54) is 34.6 Å². The first-order valence-electron chi connectivity index (χ1n) is 15.1. The van der Waals surface area contributed by atoms with Gasteiger partial charge in [-0.3, -0.25) is 9.59 Å². The highest BCUT2D eigenvalue weighted by atomic mass is 16.8. The number of unbranched alkanes of at least 4 members (excludes halogenated alkanes) is 3. The molecule has 0 aromatic rings. The fraction of sp³-hybridized carbons (Fsp3) is 0.839. The molecule has 0 saturated carbocycles. The van der Waals surface area contributed by atoms with Crippen molar-refractivity contribution in [2.45, 2.75) is 132 Å². The number of carbonyl (C=O) groups excluding carboxylic acids is 5. The van der Waals surface area contributed by atoms with Gasteiger partial charge in [-0.15, -0.1) is 0 Å². The predicted octanol–water partition coefficient (Wildman–Crippen LogP) is 5.94. The summed E-state index contributed by atoms with van der Waals surface area (Å²) in [7, 11) is 0. The lowest BCUT2D eigenvalue weighted by Crippen LogP contribution is -2.72. The van der Waals surface area contributed by atoms with Crippen LogP contribution in [0.1, 0.15) is 115 Å². The lowest BCUT2D eigenvalue weighted by atomic mass is 9.63. The van der Waals surface area contributed by atoms with Gasteiger partial charge < -0.3 is 28.4 Å². The minimum Gasteiger partial charge on any atom is -0.465 e. The van der Waals surface area contributed by atoms with Crippen molar-refractivity contribution in [3.05, 3.63) is 0 Å². The molecule has 0 radical (unpaired) electrons. The molecule has 244 valence electrons. The van der Waals surface area contributed by atoms with Gasteiger partial charge >= 0.3 is 35.6 Å². The Labute approximate surface area is 251 Å². The van der Waals surface area contributed by atoms with Crippen LogP contribution in [0.5, 0.6) is 0 Å². The molecular weight excluding hydrogens is 548 g/mol. The maximum atomic E-state index is 14.3. The Kier molecular flexibility index (Phi) is 16.7. The zero-order chi connectivity index (χ0) is 32.7. The van der Waals surface area contributed by atoms with Crippen molar-refractivity contribution in [3.8, 4) is 0 Å². The molecule has 0 saturated heterocycles. The zero-order valence-electron chi connectivity index (χ0n) is 27.6. The Morgan fingerprint density at radius 1 is 0.643 bits per heavy atom. The summed E-state index contributed by atoms with van der Waals surface area (Å²) >= 11 is 0. The van der Waals surface area contributed by atoms with Gasteiger partial charge in [-0.1, -0.05) is 67.7 Å². The van der Waals surface area contributed by atoms with Crippen molar-refractivity contribution in [1.29, 1.82) is 0 Å². The Balaban J connectivity index is 7.73. The minimum atomic E-state index is -3.31. The van der Waals surface area contributed by atoms with E-state index in [1.807, 2.05) is 13.8 Å². The molecule has 0 amide bonds. The fourth-order valence-electron chi connectivity index (χ4n) is 3.96. The van der Waals surface area contributed by atoms with Gasteiger partial charge in [0.1, 0.15) is 5.60 Å². The summed E-state index contributed by atoms with van der Waals surface area (Å²) < 4.78 is 33.0. The molecule has 11 nitrogen and oxygen atoms in total. The van der Waals surface area contributed by atoms with Crippen LogP contribution < -0.4 is 0 Å². The van der Waals surface area contributed by atoms with E-state index in [2.05, 4.69) is 0 Å². The lowest BCUT2D eigenvalue weighted by molar-refractivity contribution is -0.230. The summed E-state index contributed by atoms with van der Waals surface area (Å²) in [6.45, 7) is 17.7. The average molecular weight is 603 g/mol. The normalized spacial score (nSPS) is 15.2. The van der Waals surface area contributed by atoms with Gasteiger partial charge in [0, 0.05) is 0 Å². The molecule has 0 heterocycles. The van der Waals surface area contributed by atoms with Gasteiger partial charge in [0.15, 0.2) is 0 Å². The van der Waals surface area contributed by atoms with Crippen LogP contribution in [0.3, 0.4) is 0 Å². The monoisotopic (exact) mass is 602 g/mol. The number of ether oxygens (including phenoxy) is 6. The molecule has 11 heteroatoms. The molecule has 0 aromatic heterocycles. The Bertz CT molecular complexity index is 890. The molecule has 0 fully saturated rings. The molecule has 0 rings (SSSR count). The van der Waals surface area contributed by atoms with E-state index in [-0.39, 0.29) is 25.7 Å². The van der Waals surface area contributed by atoms with Gasteiger partial charge in [0.2, 0.25) is 5.41 Å². The molecule has 42 heavy (non-hydrogen) atoms. The first kappa shape index (κ1) is 39.1. The van der Waals surface area contributed by atoms with Crippen molar-refractivity contribution >= 4 is 30.0 Å². The highest BCUT2D eigenvalue weighted by molar-refractivity contribution is 6.18. The van der Waals surface area contributed by atoms with Gasteiger partial charge in [0.25, 0.3) is 0 Å². The van der Waals surface area contributed by atoms with E-state index in [0.717, 1.165) is 12.8 Å². The topological polar surface area (TPSA) is 141 Å². The van der Waals surface area contributed by atoms with Crippen molar-refractivity contribution in [3.63, 3.8) is 0 Å². The smallest absolute Gasteiger partial charge is 0.465 e. The van der Waals surface area contributed by atoms with Crippen LogP contribution in [0.2, 0.25) is 0 Å². The van der Waals surface area contributed by atoms with E-state index < -0.39 is 58.7 Å². The van der Waals surface area contributed by atoms with E-state index >= 15 is 0 Å². The summed E-state index contributed by atoms with van der Waals surface area (Å²) in [6.07, 6.45) is 1.19. The molecule has 0 spiro atoms. The molecule has 0 bridgehead atoms. The van der Waals surface area contributed by atoms with E-state index in [4.69, 9.17) is 28.4 Å². The molecule has 0 aromatic carbocycles. The zero-order valence-corrected chi connectivity index (χ0v) is 27.6. The van der Waals surface area contributed by atoms with Crippen LogP contribution in [0, 0.1) is 17.3 Å². The second-order valence-corrected chi connectivity index (χ2v) is 12.2. The van der Waals surface area contributed by atoms with Crippen LogP contribution >= 0.6 is 0 Å². The first-order chi connectivity index (χ1) is 19.5. The third kappa shape index (κ3) is 10.5. The van der Waals surface area contributed by atoms with Gasteiger partial charge in [-0.25, -0.2) is 14.4 Å². The minimum absolute atomic E-state index is 0.0924. The SMILES string of the molecule is CCCCCOC(=O)OC(C(=O)OC(C)CC)(C(=O)OC(C)(C)C)C(C(=O)OCCCC)(C(=O)OCC(C)C)C(C)C. The molecule has 3 unspecified atom stereocenters. The van der Waals surface area contributed by atoms with Crippen molar-refractivity contribution in [2.75, 3.05) is 19.8 Å². The maximum Gasteiger partial charge on any atom is 0.510 e. The highest BCUT2D eigenvalue weighted by Crippen LogP contribution is 2.47. The number of carbonyl (C=O) groups is 5. The number of rotatable bonds is 18. The second-order valence-electron chi connectivity index (χ2n) is 12.2. The Morgan fingerprint density at radius 3 is 1.67 bits per heavy atom. The van der Waals surface area contributed by atoms with E-state index in [9.17, 15) is 24.0 Å². The number of hydrogen-bond donors (Lipinski definition) is 0. The largest absolute Gasteiger partial charge is 0.510 e. The van der Waals surface area contributed by atoms with Crippen LogP contribution in [0.15, 0.2) is 0 Å². The van der Waals surface area contributed by atoms with E-state index in [1.54, 1.807) is 27.7 Å². The highest BCUT2D eigenvalue weighted by Gasteiger charge is 2.78. The Morgan fingerprint density at radius 2 is 1.19 bits per heavy atom. The number of esters is 4. The standard InChI is InChI=1S/C31H54O11/c1-12-15-17-19-38-28(36)42-31(26(34)40-23(8)14-3,27(35)41-29(9,10)11)30(22(6)7,24(32)37-18-16-13-2)25(33)39-20-21(4)5/h21-23H,12-20H2,1-11H3. The summed E-state index contributed by atoms with van der Waals surface area (Å²) in [5.74, 6) is -6.92. The summed E-state index contributed by atoms with van der Waals surface area (Å²) in [6, 6.07) is 0. The summed E-state index contributed by atoms with van der Waals surface area (Å²) in [4.78, 5) is 70.0. The maximum absolute atomic E-state index is 14.3. The molecule has 0 N–H and O–H groups in total. The quantitative estimate of drug-likeness (QED) is 0.0797. The molecular formula is C31H54O11. The molecule has 0 aliphatic rings. The van der Waals surface area contributed by atoms with Crippen molar-refractivity contribution < 1.29 is 52.4 Å². The second kappa shape index (κ2) is 18.0. The van der Waals surface area contributed by atoms with Gasteiger partial charge in [-0.05, 0) is 58.8 Å². The van der Waals surface area contributed by atoms with Crippen LogP contribution in [0.4, 0.5) is 4.79 Å². The number of hydrogen-bond acceptors (Lipinski definition) is 11. The van der Waals surface area contributed by atoms with Gasteiger partial charge in [0.05, 0.1) is 25.9 Å². The third-order valence-electron chi connectivity index (χ3n) is 6.41. The predicted molar refractivity (Wildman–Crippen MR) is 155 cm³/mol. The Hall–Kier alpha value is -2.85. The third-order valence-corrected chi connectivity index (χ3v) is 6.41. The van der Waals surface area contributed by atoms with Crippen molar-refractivity contribution in [2.24, 2.45) is 17.3 Å². The van der Waals surface area contributed by atoms with Crippen LogP contribution in [-0.2, 0) is 47.6 Å². The van der Waals surface area contributed by atoms with E-state index in [0.29, 0.717) is 25.7 Å². The molecule has 0 aliphatic carbocycles. The first-order valence-corrected chi connectivity index (χ1v) is 15.1. The molecule has 0 aliphatic heterocycles. The average Bonchev–Trinajstić information content (AvgIpc) is 2.88. The van der Waals surface area contributed by atoms with Crippen molar-refractivity contribution in [1.82, 2.24) is 0 Å². The van der Waals surface area contributed by atoms with Crippen LogP contribution in [0.25, 0.3) is 0 Å². The van der Waals surface area contributed by atoms with Crippen LogP contribution in [-0.4, -0.2) is 67.2 Å². The fourth-order valence-corrected chi connectivity index (χ4v) is 3.96. The lowest BCUT2D eigenvalue weighted by Gasteiger charge is -2.44. The summed E-state index contributed by atoms with van der Waals surface area (Å²) in [5, 5.41) is 0. The van der Waals surface area contributed by atoms with Gasteiger partial charge in [-0.2, -0.15) is 0 Å².